The molecule has 2 aromatic carbocycles. The number of amides is 1. The lowest BCUT2D eigenvalue weighted by Crippen LogP contribution is -2.40. The number of ether oxygens (including phenoxy) is 2. The van der Waals surface area contributed by atoms with Crippen LogP contribution < -0.4 is 10.1 Å². The lowest BCUT2D eigenvalue weighted by atomic mass is 10.3. The van der Waals surface area contributed by atoms with Gasteiger partial charge in [0.15, 0.2) is 0 Å². The third-order valence-corrected chi connectivity index (χ3v) is 7.71. The summed E-state index contributed by atoms with van der Waals surface area (Å²) in [5.41, 5.74) is 0.414. The fourth-order valence-electron chi connectivity index (χ4n) is 3.00. The highest BCUT2D eigenvalue weighted by molar-refractivity contribution is 7.99. The molecule has 1 aliphatic heterocycles. The van der Waals surface area contributed by atoms with Gasteiger partial charge in [-0.25, -0.2) is 8.42 Å². The van der Waals surface area contributed by atoms with E-state index in [0.29, 0.717) is 36.3 Å². The van der Waals surface area contributed by atoms with Crippen molar-refractivity contribution in [1.82, 2.24) is 4.31 Å². The van der Waals surface area contributed by atoms with Gasteiger partial charge in [-0.1, -0.05) is 11.6 Å². The average Bonchev–Trinajstić information content (AvgIpc) is 2.77. The van der Waals surface area contributed by atoms with Crippen molar-refractivity contribution in [3.63, 3.8) is 0 Å². The van der Waals surface area contributed by atoms with Crippen LogP contribution in [0.3, 0.4) is 0 Å². The maximum atomic E-state index is 13.1. The fraction of sp³-hybridized carbons (Fsp3) is 0.381. The van der Waals surface area contributed by atoms with Gasteiger partial charge in [0.2, 0.25) is 15.9 Å². The monoisotopic (exact) mass is 484 g/mol. The molecule has 0 aliphatic carbocycles. The molecule has 2 aromatic rings. The lowest BCUT2D eigenvalue weighted by molar-refractivity contribution is -0.115. The second kappa shape index (κ2) is 11.2. The van der Waals surface area contributed by atoms with Gasteiger partial charge in [-0.3, -0.25) is 4.79 Å². The van der Waals surface area contributed by atoms with E-state index in [4.69, 9.17) is 21.1 Å². The molecule has 0 saturated carbocycles. The Hall–Kier alpha value is -1.78. The number of carbonyl (C=O) groups excluding carboxylic acids is 1. The Kier molecular flexibility index (Phi) is 8.62. The summed E-state index contributed by atoms with van der Waals surface area (Å²) in [6.45, 7) is 3.40. The number of hydrogen-bond donors (Lipinski definition) is 1. The minimum Gasteiger partial charge on any atom is -0.492 e. The molecule has 1 N–H and O–H groups in total. The Morgan fingerprint density at radius 3 is 2.58 bits per heavy atom. The van der Waals surface area contributed by atoms with E-state index in [9.17, 15) is 13.2 Å². The third kappa shape index (κ3) is 6.60. The quantitative estimate of drug-likeness (QED) is 0.544. The normalized spacial score (nSPS) is 14.9. The van der Waals surface area contributed by atoms with Crippen LogP contribution in [0.15, 0.2) is 52.3 Å². The molecule has 0 radical (unpaired) electrons. The molecule has 0 spiro atoms. The molecular weight excluding hydrogens is 460 g/mol. The van der Waals surface area contributed by atoms with Crippen molar-refractivity contribution in [2.24, 2.45) is 0 Å². The van der Waals surface area contributed by atoms with Crippen molar-refractivity contribution in [2.75, 3.05) is 44.0 Å². The molecule has 3 rings (SSSR count). The zero-order chi connectivity index (χ0) is 22.3. The molecule has 0 atom stereocenters. The number of anilines is 1. The van der Waals surface area contributed by atoms with Crippen LogP contribution in [0, 0.1) is 0 Å². The Balaban J connectivity index is 1.67. The summed E-state index contributed by atoms with van der Waals surface area (Å²) >= 11 is 7.43. The largest absolute Gasteiger partial charge is 0.492 e. The zero-order valence-electron chi connectivity index (χ0n) is 17.2. The molecule has 0 aromatic heterocycles. The van der Waals surface area contributed by atoms with Gasteiger partial charge in [0.05, 0.1) is 19.8 Å². The number of benzene rings is 2. The Bertz CT molecular complexity index is 993. The van der Waals surface area contributed by atoms with E-state index < -0.39 is 10.0 Å². The molecule has 1 fully saturated rings. The minimum absolute atomic E-state index is 0.0459. The summed E-state index contributed by atoms with van der Waals surface area (Å²) in [5.74, 6) is 0.661. The van der Waals surface area contributed by atoms with Crippen LogP contribution in [0.4, 0.5) is 5.69 Å². The standard InChI is InChI=1S/C21H25ClN2O5S2/c1-2-29-19-8-5-17(15-20(19)31(26,27)24-10-12-28-13-11-24)23-21(25)9-14-30-18-6-3-16(22)4-7-18/h3-8,15H,2,9-14H2,1H3,(H,23,25). The van der Waals surface area contributed by atoms with Crippen LogP contribution in [-0.2, 0) is 19.6 Å². The number of sulfonamides is 1. The van der Waals surface area contributed by atoms with Gasteiger partial charge in [-0.2, -0.15) is 4.31 Å². The molecular formula is C21H25ClN2O5S2. The fourth-order valence-corrected chi connectivity index (χ4v) is 5.55. The van der Waals surface area contributed by atoms with E-state index in [2.05, 4.69) is 5.32 Å². The molecule has 1 saturated heterocycles. The highest BCUT2D eigenvalue weighted by Crippen LogP contribution is 2.30. The summed E-state index contributed by atoms with van der Waals surface area (Å²) < 4.78 is 38.4. The smallest absolute Gasteiger partial charge is 0.246 e. The first-order valence-electron chi connectivity index (χ1n) is 9.93. The molecule has 168 valence electrons. The van der Waals surface area contributed by atoms with Crippen LogP contribution in [0.25, 0.3) is 0 Å². The first kappa shape index (κ1) is 23.9. The van der Waals surface area contributed by atoms with Crippen molar-refractivity contribution >= 4 is 45.0 Å². The number of hydrogen-bond acceptors (Lipinski definition) is 6. The van der Waals surface area contributed by atoms with Gasteiger partial charge in [0.25, 0.3) is 0 Å². The highest BCUT2D eigenvalue weighted by atomic mass is 35.5. The van der Waals surface area contributed by atoms with E-state index >= 15 is 0 Å². The van der Waals surface area contributed by atoms with Crippen molar-refractivity contribution < 1.29 is 22.7 Å². The van der Waals surface area contributed by atoms with E-state index in [1.54, 1.807) is 43.0 Å². The van der Waals surface area contributed by atoms with Gasteiger partial charge in [0, 0.05) is 40.9 Å². The summed E-state index contributed by atoms with van der Waals surface area (Å²) in [7, 11) is -3.77. The number of rotatable bonds is 9. The Morgan fingerprint density at radius 2 is 1.90 bits per heavy atom. The summed E-state index contributed by atoms with van der Waals surface area (Å²) in [5, 5.41) is 3.45. The summed E-state index contributed by atoms with van der Waals surface area (Å²) in [6, 6.07) is 12.1. The van der Waals surface area contributed by atoms with E-state index in [-0.39, 0.29) is 36.1 Å². The second-order valence-corrected chi connectivity index (χ2v) is 10.2. The molecule has 7 nitrogen and oxygen atoms in total. The zero-order valence-corrected chi connectivity index (χ0v) is 19.6. The predicted molar refractivity (Wildman–Crippen MR) is 123 cm³/mol. The van der Waals surface area contributed by atoms with Crippen molar-refractivity contribution in [3.8, 4) is 5.75 Å². The number of morpholine rings is 1. The number of carbonyl (C=O) groups is 1. The van der Waals surface area contributed by atoms with Gasteiger partial charge < -0.3 is 14.8 Å². The predicted octanol–water partition coefficient (Wildman–Crippen LogP) is 3.88. The molecule has 31 heavy (non-hydrogen) atoms. The SMILES string of the molecule is CCOc1ccc(NC(=O)CCSc2ccc(Cl)cc2)cc1S(=O)(=O)N1CCOCC1. The first-order valence-corrected chi connectivity index (χ1v) is 12.7. The molecule has 0 unspecified atom stereocenters. The van der Waals surface area contributed by atoms with E-state index in [1.807, 2.05) is 12.1 Å². The van der Waals surface area contributed by atoms with Crippen molar-refractivity contribution in [3.05, 3.63) is 47.5 Å². The topological polar surface area (TPSA) is 84.9 Å². The number of halogens is 1. The molecule has 10 heteroatoms. The lowest BCUT2D eigenvalue weighted by Gasteiger charge is -2.27. The van der Waals surface area contributed by atoms with Gasteiger partial charge in [0.1, 0.15) is 10.6 Å². The summed E-state index contributed by atoms with van der Waals surface area (Å²) in [4.78, 5) is 13.4. The van der Waals surface area contributed by atoms with Gasteiger partial charge >= 0.3 is 0 Å². The molecule has 1 aliphatic rings. The number of nitrogens with one attached hydrogen (secondary N) is 1. The van der Waals surface area contributed by atoms with Gasteiger partial charge in [-0.05, 0) is 49.4 Å². The minimum atomic E-state index is -3.77. The number of nitrogens with zero attached hydrogens (tertiary/aromatic N) is 1. The maximum Gasteiger partial charge on any atom is 0.246 e. The van der Waals surface area contributed by atoms with E-state index in [1.165, 1.54) is 10.4 Å². The average molecular weight is 485 g/mol. The third-order valence-electron chi connectivity index (χ3n) is 4.53. The van der Waals surface area contributed by atoms with Crippen molar-refractivity contribution in [1.29, 1.82) is 0 Å². The molecule has 1 heterocycles. The van der Waals surface area contributed by atoms with E-state index in [0.717, 1.165) is 4.90 Å². The molecule has 1 amide bonds. The van der Waals surface area contributed by atoms with Crippen molar-refractivity contribution in [2.45, 2.75) is 23.1 Å². The Morgan fingerprint density at radius 1 is 1.19 bits per heavy atom. The Labute approximate surface area is 192 Å². The van der Waals surface area contributed by atoms with Crippen LogP contribution in [-0.4, -0.2) is 57.3 Å². The van der Waals surface area contributed by atoms with Crippen LogP contribution in [0.1, 0.15) is 13.3 Å². The van der Waals surface area contributed by atoms with Gasteiger partial charge in [-0.15, -0.1) is 11.8 Å². The van der Waals surface area contributed by atoms with Crippen LogP contribution in [0.2, 0.25) is 5.02 Å². The maximum absolute atomic E-state index is 13.1. The molecule has 0 bridgehead atoms. The second-order valence-electron chi connectivity index (χ2n) is 6.71. The number of thioether (sulfide) groups is 1. The van der Waals surface area contributed by atoms with Crippen LogP contribution in [0.5, 0.6) is 5.75 Å². The highest BCUT2D eigenvalue weighted by Gasteiger charge is 2.29. The summed E-state index contributed by atoms with van der Waals surface area (Å²) in [6.07, 6.45) is 0.284. The first-order chi connectivity index (χ1) is 14.9. The van der Waals surface area contributed by atoms with Crippen LogP contribution >= 0.6 is 23.4 Å².